The van der Waals surface area contributed by atoms with E-state index in [0.29, 0.717) is 10.8 Å². The Morgan fingerprint density at radius 1 is 1.40 bits per heavy atom. The number of hydrogen-bond donors (Lipinski definition) is 3. The third-order valence-corrected chi connectivity index (χ3v) is 4.72. The molecule has 1 aromatic heterocycles. The topological polar surface area (TPSA) is 78.4 Å². The minimum absolute atomic E-state index is 0.140. The molecule has 0 aromatic carbocycles. The first kappa shape index (κ1) is 14.8. The molecule has 0 radical (unpaired) electrons. The van der Waals surface area contributed by atoms with Gasteiger partial charge in [-0.3, -0.25) is 0 Å². The normalized spacial score (nSPS) is 23.9. The lowest BCUT2D eigenvalue weighted by Gasteiger charge is -2.29. The molecule has 20 heavy (non-hydrogen) atoms. The summed E-state index contributed by atoms with van der Waals surface area (Å²) in [6.07, 6.45) is 4.39. The van der Waals surface area contributed by atoms with Crippen molar-refractivity contribution in [3.05, 3.63) is 22.4 Å². The summed E-state index contributed by atoms with van der Waals surface area (Å²) in [7, 11) is 0. The molecule has 0 aliphatic heterocycles. The van der Waals surface area contributed by atoms with Crippen molar-refractivity contribution in [3.63, 3.8) is 0 Å². The van der Waals surface area contributed by atoms with Crippen molar-refractivity contribution in [3.8, 4) is 0 Å². The number of carbonyl (C=O) groups excluding carboxylic acids is 1. The third kappa shape index (κ3) is 3.72. The van der Waals surface area contributed by atoms with Crippen LogP contribution in [-0.2, 0) is 4.79 Å². The molecule has 1 fully saturated rings. The third-order valence-electron chi connectivity index (χ3n) is 3.78. The highest BCUT2D eigenvalue weighted by molar-refractivity contribution is 7.10. The van der Waals surface area contributed by atoms with Gasteiger partial charge in [0.25, 0.3) is 0 Å². The van der Waals surface area contributed by atoms with E-state index < -0.39 is 18.0 Å². The molecule has 1 heterocycles. The van der Waals surface area contributed by atoms with Crippen molar-refractivity contribution >= 4 is 23.3 Å². The van der Waals surface area contributed by atoms with Crippen molar-refractivity contribution in [2.75, 3.05) is 0 Å². The van der Waals surface area contributed by atoms with E-state index in [2.05, 4.69) is 17.6 Å². The van der Waals surface area contributed by atoms with Crippen LogP contribution in [0, 0.1) is 5.92 Å². The van der Waals surface area contributed by atoms with E-state index in [1.807, 2.05) is 0 Å². The van der Waals surface area contributed by atoms with Gasteiger partial charge < -0.3 is 15.7 Å². The summed E-state index contributed by atoms with van der Waals surface area (Å²) in [6.45, 7) is 2.12. The van der Waals surface area contributed by atoms with Crippen molar-refractivity contribution < 1.29 is 14.7 Å². The summed E-state index contributed by atoms with van der Waals surface area (Å²) in [4.78, 5) is 23.9. The number of aliphatic carboxylic acids is 1. The average Bonchev–Trinajstić information content (AvgIpc) is 2.92. The molecule has 3 unspecified atom stereocenters. The minimum Gasteiger partial charge on any atom is -0.479 e. The molecule has 110 valence electrons. The van der Waals surface area contributed by atoms with Crippen molar-refractivity contribution in [2.45, 2.75) is 44.7 Å². The predicted molar refractivity (Wildman–Crippen MR) is 77.8 cm³/mol. The Morgan fingerprint density at radius 3 is 2.75 bits per heavy atom. The van der Waals surface area contributed by atoms with Crippen LogP contribution in [0.2, 0.25) is 0 Å². The van der Waals surface area contributed by atoms with Crippen LogP contribution in [0.4, 0.5) is 4.79 Å². The zero-order valence-electron chi connectivity index (χ0n) is 11.5. The maximum atomic E-state index is 12.0. The van der Waals surface area contributed by atoms with Crippen molar-refractivity contribution in [1.29, 1.82) is 0 Å². The molecule has 1 saturated carbocycles. The summed E-state index contributed by atoms with van der Waals surface area (Å²) in [5.74, 6) is -0.598. The number of nitrogens with one attached hydrogen (secondary N) is 2. The van der Waals surface area contributed by atoms with Crippen LogP contribution >= 0.6 is 11.3 Å². The van der Waals surface area contributed by atoms with Gasteiger partial charge in [-0.05, 0) is 30.2 Å². The second-order valence-corrected chi connectivity index (χ2v) is 6.25. The second kappa shape index (κ2) is 6.74. The maximum Gasteiger partial charge on any atom is 0.331 e. The maximum absolute atomic E-state index is 12.0. The fourth-order valence-corrected chi connectivity index (χ4v) is 3.35. The molecule has 5 nitrogen and oxygen atoms in total. The van der Waals surface area contributed by atoms with Gasteiger partial charge in [0.15, 0.2) is 6.04 Å². The first-order valence-corrected chi connectivity index (χ1v) is 7.79. The van der Waals surface area contributed by atoms with Gasteiger partial charge in [0.1, 0.15) is 0 Å². The number of hydrogen-bond acceptors (Lipinski definition) is 3. The standard InChI is InChI=1S/C14H20N2O3S/c1-9-5-2-3-6-10(9)15-14(19)16-12(13(17)18)11-7-4-8-20-11/h4,7-10,12H,2-3,5-6H2,1H3,(H,17,18)(H2,15,16,19). The average molecular weight is 296 g/mol. The van der Waals surface area contributed by atoms with Gasteiger partial charge >= 0.3 is 12.0 Å². The highest BCUT2D eigenvalue weighted by Gasteiger charge is 2.26. The van der Waals surface area contributed by atoms with Gasteiger partial charge in [-0.25, -0.2) is 9.59 Å². The molecule has 0 bridgehead atoms. The van der Waals surface area contributed by atoms with Gasteiger partial charge in [0.05, 0.1) is 0 Å². The van der Waals surface area contributed by atoms with Gasteiger partial charge in [-0.1, -0.05) is 25.8 Å². The number of amides is 2. The SMILES string of the molecule is CC1CCCCC1NC(=O)NC(C(=O)O)c1cccs1. The molecule has 1 aliphatic carbocycles. The Labute approximate surface area is 122 Å². The fraction of sp³-hybridized carbons (Fsp3) is 0.571. The number of carbonyl (C=O) groups is 2. The first-order chi connectivity index (χ1) is 9.58. The number of rotatable bonds is 4. The highest BCUT2D eigenvalue weighted by Crippen LogP contribution is 2.24. The molecule has 0 saturated heterocycles. The largest absolute Gasteiger partial charge is 0.479 e. The highest BCUT2D eigenvalue weighted by atomic mass is 32.1. The van der Waals surface area contributed by atoms with Crippen molar-refractivity contribution in [1.82, 2.24) is 10.6 Å². The van der Waals surface area contributed by atoms with Gasteiger partial charge in [-0.2, -0.15) is 0 Å². The van der Waals surface area contributed by atoms with E-state index in [4.69, 9.17) is 0 Å². The van der Waals surface area contributed by atoms with Crippen LogP contribution in [0.15, 0.2) is 17.5 Å². The molecule has 2 rings (SSSR count). The molecule has 1 aromatic rings. The van der Waals surface area contributed by atoms with E-state index in [1.54, 1.807) is 17.5 Å². The van der Waals surface area contributed by atoms with Crippen LogP contribution in [0.3, 0.4) is 0 Å². The molecular weight excluding hydrogens is 276 g/mol. The molecule has 6 heteroatoms. The fourth-order valence-electron chi connectivity index (χ4n) is 2.58. The summed E-state index contributed by atoms with van der Waals surface area (Å²) in [6, 6.07) is 2.26. The molecule has 1 aliphatic rings. The van der Waals surface area contributed by atoms with E-state index in [1.165, 1.54) is 17.8 Å². The van der Waals surface area contributed by atoms with Gasteiger partial charge in [-0.15, -0.1) is 11.3 Å². The van der Waals surface area contributed by atoms with E-state index in [9.17, 15) is 14.7 Å². The zero-order chi connectivity index (χ0) is 14.5. The summed E-state index contributed by atoms with van der Waals surface area (Å²) < 4.78 is 0. The Hall–Kier alpha value is -1.56. The van der Waals surface area contributed by atoms with Crippen LogP contribution in [0.1, 0.15) is 43.5 Å². The first-order valence-electron chi connectivity index (χ1n) is 6.91. The van der Waals surface area contributed by atoms with Crippen LogP contribution in [0.5, 0.6) is 0 Å². The number of thiophene rings is 1. The smallest absolute Gasteiger partial charge is 0.331 e. The molecule has 3 N–H and O–H groups in total. The molecule has 3 atom stereocenters. The van der Waals surface area contributed by atoms with Crippen molar-refractivity contribution in [2.24, 2.45) is 5.92 Å². The van der Waals surface area contributed by atoms with Crippen LogP contribution < -0.4 is 10.6 Å². The molecule has 0 spiro atoms. The monoisotopic (exact) mass is 296 g/mol. The van der Waals surface area contributed by atoms with Gasteiger partial charge in [0, 0.05) is 10.9 Å². The second-order valence-electron chi connectivity index (χ2n) is 5.27. The van der Waals surface area contributed by atoms with E-state index >= 15 is 0 Å². The van der Waals surface area contributed by atoms with Gasteiger partial charge in [0.2, 0.25) is 0 Å². The Kier molecular flexibility index (Phi) is 5.00. The number of carboxylic acid groups (broad SMARTS) is 1. The minimum atomic E-state index is -1.04. The Balaban J connectivity index is 1.93. The predicted octanol–water partition coefficient (Wildman–Crippen LogP) is 2.75. The summed E-state index contributed by atoms with van der Waals surface area (Å²) >= 11 is 1.32. The summed E-state index contributed by atoms with van der Waals surface area (Å²) in [5.41, 5.74) is 0. The lowest BCUT2D eigenvalue weighted by molar-refractivity contribution is -0.139. The Morgan fingerprint density at radius 2 is 2.15 bits per heavy atom. The van der Waals surface area contributed by atoms with E-state index in [0.717, 1.165) is 19.3 Å². The molecule has 2 amide bonds. The summed E-state index contributed by atoms with van der Waals surface area (Å²) in [5, 5.41) is 16.5. The molecular formula is C14H20N2O3S. The lowest BCUT2D eigenvalue weighted by Crippen LogP contribution is -2.48. The lowest BCUT2D eigenvalue weighted by atomic mass is 9.86. The number of urea groups is 1. The quantitative estimate of drug-likeness (QED) is 0.799. The number of carboxylic acids is 1. The van der Waals surface area contributed by atoms with Crippen LogP contribution in [-0.4, -0.2) is 23.1 Å². The zero-order valence-corrected chi connectivity index (χ0v) is 12.3. The Bertz CT molecular complexity index is 461. The van der Waals surface area contributed by atoms with E-state index in [-0.39, 0.29) is 6.04 Å². The van der Waals surface area contributed by atoms with Crippen LogP contribution in [0.25, 0.3) is 0 Å².